The van der Waals surface area contributed by atoms with Gasteiger partial charge in [-0.1, -0.05) is 60.7 Å². The first-order valence-electron chi connectivity index (χ1n) is 11.5. The third-order valence-electron chi connectivity index (χ3n) is 6.25. The normalized spacial score (nSPS) is 11.8. The van der Waals surface area contributed by atoms with Crippen LogP contribution in [0.1, 0.15) is 51.3 Å². The van der Waals surface area contributed by atoms with E-state index in [2.05, 4.69) is 10.4 Å². The lowest BCUT2D eigenvalue weighted by Crippen LogP contribution is -2.46. The molecule has 1 aromatic heterocycles. The molecule has 1 unspecified atom stereocenters. The zero-order valence-electron chi connectivity index (χ0n) is 20.3. The van der Waals surface area contributed by atoms with Gasteiger partial charge in [-0.25, -0.2) is 4.79 Å². The Morgan fingerprint density at radius 1 is 0.886 bits per heavy atom. The van der Waals surface area contributed by atoms with Crippen molar-refractivity contribution in [1.29, 1.82) is 0 Å². The molecule has 0 saturated heterocycles. The monoisotopic (exact) mass is 468 g/mol. The van der Waals surface area contributed by atoms with Crippen LogP contribution in [0.15, 0.2) is 82.4 Å². The molecule has 3 aromatic carbocycles. The average Bonchev–Trinajstić information content (AvgIpc) is 2.85. The second-order valence-corrected chi connectivity index (χ2v) is 8.74. The number of hydrogen-bond acceptors (Lipinski definition) is 4. The molecule has 4 aromatic rings. The minimum atomic E-state index is -0.726. The molecule has 0 aliphatic carbocycles. The number of benzene rings is 3. The van der Waals surface area contributed by atoms with Crippen molar-refractivity contribution in [2.24, 2.45) is 0 Å². The molecule has 0 spiro atoms. The minimum Gasteiger partial charge on any atom is -0.344 e. The molecule has 0 saturated carbocycles. The number of amides is 1. The summed E-state index contributed by atoms with van der Waals surface area (Å²) >= 11 is 0. The van der Waals surface area contributed by atoms with Crippen LogP contribution < -0.4 is 16.6 Å². The number of nitrogens with zero attached hydrogens (tertiary/aromatic N) is 3. The first-order chi connectivity index (χ1) is 16.8. The van der Waals surface area contributed by atoms with E-state index >= 15 is 0 Å². The van der Waals surface area contributed by atoms with Crippen molar-refractivity contribution >= 4 is 5.91 Å². The van der Waals surface area contributed by atoms with E-state index in [0.29, 0.717) is 5.69 Å². The summed E-state index contributed by atoms with van der Waals surface area (Å²) in [5, 5.41) is 7.09. The van der Waals surface area contributed by atoms with E-state index in [1.54, 1.807) is 6.07 Å². The van der Waals surface area contributed by atoms with Crippen LogP contribution in [0.25, 0.3) is 5.69 Å². The molecule has 1 amide bonds. The fourth-order valence-electron chi connectivity index (χ4n) is 3.87. The van der Waals surface area contributed by atoms with Gasteiger partial charge in [0.25, 0.3) is 11.5 Å². The molecule has 1 heterocycles. The quantitative estimate of drug-likeness (QED) is 0.466. The third kappa shape index (κ3) is 4.99. The maximum absolute atomic E-state index is 13.5. The summed E-state index contributed by atoms with van der Waals surface area (Å²) in [5.74, 6) is -0.637. The summed E-state index contributed by atoms with van der Waals surface area (Å²) in [6.45, 7) is 7.68. The van der Waals surface area contributed by atoms with Crippen LogP contribution in [-0.4, -0.2) is 20.3 Å². The van der Waals surface area contributed by atoms with E-state index in [4.69, 9.17) is 0 Å². The highest BCUT2D eigenvalue weighted by molar-refractivity contribution is 5.92. The zero-order chi connectivity index (χ0) is 25.1. The lowest BCUT2D eigenvalue weighted by atomic mass is 10.1. The molecule has 0 aliphatic heterocycles. The second kappa shape index (κ2) is 9.93. The largest absolute Gasteiger partial charge is 0.352 e. The van der Waals surface area contributed by atoms with Gasteiger partial charge in [0.2, 0.25) is 5.69 Å². The molecule has 35 heavy (non-hydrogen) atoms. The predicted molar refractivity (Wildman–Crippen MR) is 136 cm³/mol. The summed E-state index contributed by atoms with van der Waals surface area (Å²) in [4.78, 5) is 40.1. The molecule has 0 bridgehead atoms. The zero-order valence-corrected chi connectivity index (χ0v) is 20.3. The Balaban J connectivity index is 1.84. The Kier molecular flexibility index (Phi) is 6.78. The Morgan fingerprint density at radius 2 is 1.57 bits per heavy atom. The van der Waals surface area contributed by atoms with Crippen LogP contribution >= 0.6 is 0 Å². The van der Waals surface area contributed by atoms with Crippen molar-refractivity contribution in [3.63, 3.8) is 0 Å². The van der Waals surface area contributed by atoms with Gasteiger partial charge >= 0.3 is 5.69 Å². The van der Waals surface area contributed by atoms with Crippen LogP contribution in [-0.2, 0) is 6.54 Å². The lowest BCUT2D eigenvalue weighted by molar-refractivity contribution is 0.0930. The number of rotatable bonds is 6. The van der Waals surface area contributed by atoms with Crippen LogP contribution in [0, 0.1) is 20.8 Å². The molecule has 0 aliphatic rings. The SMILES string of the molecule is Cc1ccc(-n2nc(C(=O)NC(C)c3ccccc3)c(=O)n(Cc3ccccc3C)c2=O)cc1C. The second-order valence-electron chi connectivity index (χ2n) is 8.74. The van der Waals surface area contributed by atoms with Crippen molar-refractivity contribution in [3.8, 4) is 5.69 Å². The number of carbonyl (C=O) groups excluding carboxylic acids is 1. The number of aromatic nitrogens is 3. The van der Waals surface area contributed by atoms with Gasteiger partial charge in [-0.05, 0) is 67.6 Å². The van der Waals surface area contributed by atoms with Crippen molar-refractivity contribution < 1.29 is 4.79 Å². The van der Waals surface area contributed by atoms with Crippen LogP contribution in [0.3, 0.4) is 0 Å². The van der Waals surface area contributed by atoms with Gasteiger partial charge < -0.3 is 5.32 Å². The molecule has 0 radical (unpaired) electrons. The van der Waals surface area contributed by atoms with Gasteiger partial charge in [-0.15, -0.1) is 0 Å². The first kappa shape index (κ1) is 23.9. The van der Waals surface area contributed by atoms with Crippen molar-refractivity contribution in [1.82, 2.24) is 19.7 Å². The molecular weight excluding hydrogens is 440 g/mol. The van der Waals surface area contributed by atoms with Gasteiger partial charge in [0, 0.05) is 0 Å². The molecule has 1 atom stereocenters. The standard InChI is InChI=1S/C28H28N4O3/c1-18-14-15-24(16-20(18)3)32-28(35)31(17-23-13-9-8-10-19(23)2)27(34)25(30-32)26(33)29-21(4)22-11-6-5-7-12-22/h5-16,21H,17H2,1-4H3,(H,29,33). The predicted octanol–water partition coefficient (Wildman–Crippen LogP) is 3.86. The molecule has 7 nitrogen and oxygen atoms in total. The Morgan fingerprint density at radius 3 is 2.26 bits per heavy atom. The highest BCUT2D eigenvalue weighted by atomic mass is 16.2. The first-order valence-corrected chi connectivity index (χ1v) is 11.5. The summed E-state index contributed by atoms with van der Waals surface area (Å²) in [6, 6.07) is 22.1. The Labute approximate surface area is 203 Å². The topological polar surface area (TPSA) is 86.0 Å². The fourth-order valence-corrected chi connectivity index (χ4v) is 3.87. The van der Waals surface area contributed by atoms with Gasteiger partial charge in [0.15, 0.2) is 0 Å². The summed E-state index contributed by atoms with van der Waals surface area (Å²) < 4.78 is 2.21. The Hall–Kier alpha value is -4.26. The number of nitrogens with one attached hydrogen (secondary N) is 1. The van der Waals surface area contributed by atoms with E-state index < -0.39 is 17.2 Å². The third-order valence-corrected chi connectivity index (χ3v) is 6.25. The molecule has 178 valence electrons. The maximum atomic E-state index is 13.5. The average molecular weight is 469 g/mol. The molecule has 7 heteroatoms. The van der Waals surface area contributed by atoms with Gasteiger partial charge in [-0.3, -0.25) is 14.2 Å². The van der Waals surface area contributed by atoms with E-state index in [1.807, 2.05) is 94.4 Å². The van der Waals surface area contributed by atoms with Crippen molar-refractivity contribution in [2.45, 2.75) is 40.3 Å². The van der Waals surface area contributed by atoms with Crippen molar-refractivity contribution in [3.05, 3.63) is 127 Å². The van der Waals surface area contributed by atoms with E-state index in [9.17, 15) is 14.4 Å². The summed E-state index contributed by atoms with van der Waals surface area (Å²) in [7, 11) is 0. The van der Waals surface area contributed by atoms with E-state index in [1.165, 1.54) is 0 Å². The minimum absolute atomic E-state index is 0.0340. The van der Waals surface area contributed by atoms with Gasteiger partial charge in [0.1, 0.15) is 0 Å². The lowest BCUT2D eigenvalue weighted by Gasteiger charge is -2.16. The Bertz CT molecular complexity index is 1500. The van der Waals surface area contributed by atoms with Crippen molar-refractivity contribution in [2.75, 3.05) is 0 Å². The smallest absolute Gasteiger partial charge is 0.344 e. The van der Waals surface area contributed by atoms with Crippen LogP contribution in [0.5, 0.6) is 0 Å². The van der Waals surface area contributed by atoms with E-state index in [0.717, 1.165) is 37.1 Å². The number of aryl methyl sites for hydroxylation is 3. The summed E-state index contributed by atoms with van der Waals surface area (Å²) in [5.41, 5.74) is 3.50. The highest BCUT2D eigenvalue weighted by Gasteiger charge is 2.22. The van der Waals surface area contributed by atoms with Crippen LogP contribution in [0.2, 0.25) is 0 Å². The van der Waals surface area contributed by atoms with E-state index in [-0.39, 0.29) is 18.3 Å². The maximum Gasteiger partial charge on any atom is 0.352 e. The molecule has 1 N–H and O–H groups in total. The summed E-state index contributed by atoms with van der Waals surface area (Å²) in [6.07, 6.45) is 0. The van der Waals surface area contributed by atoms with Gasteiger partial charge in [0.05, 0.1) is 18.3 Å². The van der Waals surface area contributed by atoms with Gasteiger partial charge in [-0.2, -0.15) is 9.78 Å². The molecule has 0 fully saturated rings. The fraction of sp³-hybridized carbons (Fsp3) is 0.214. The number of carbonyl (C=O) groups is 1. The number of hydrogen-bond donors (Lipinski definition) is 1. The highest BCUT2D eigenvalue weighted by Crippen LogP contribution is 2.14. The molecular formula is C28H28N4O3. The molecule has 4 rings (SSSR count). The van der Waals surface area contributed by atoms with Crippen LogP contribution in [0.4, 0.5) is 0 Å².